The minimum atomic E-state index is -0.0293. The Morgan fingerprint density at radius 2 is 1.80 bits per heavy atom. The summed E-state index contributed by atoms with van der Waals surface area (Å²) in [4.78, 5) is 2.68. The molecule has 2 saturated heterocycles. The average molecular weight is 282 g/mol. The van der Waals surface area contributed by atoms with E-state index in [1.165, 1.54) is 25.9 Å². The van der Waals surface area contributed by atoms with Crippen molar-refractivity contribution in [1.82, 2.24) is 4.90 Å². The van der Waals surface area contributed by atoms with Crippen LogP contribution in [0.1, 0.15) is 60.3 Å². The van der Waals surface area contributed by atoms with Gasteiger partial charge in [-0.15, -0.1) is 0 Å². The molecule has 2 N–H and O–H groups in total. The van der Waals surface area contributed by atoms with Gasteiger partial charge in [0.1, 0.15) is 0 Å². The van der Waals surface area contributed by atoms with Crippen LogP contribution >= 0.6 is 0 Å². The standard InChI is InChI=1S/C17H34N2O/c1-15(2,3)14-6-9-19(10-7-14)17(13-18)8-11-20-16(4,5)12-17/h14H,6-13,18H2,1-5H3. The van der Waals surface area contributed by atoms with E-state index in [0.717, 1.165) is 31.9 Å². The highest BCUT2D eigenvalue weighted by Crippen LogP contribution is 2.40. The third-order valence-electron chi connectivity index (χ3n) is 5.59. The van der Waals surface area contributed by atoms with Gasteiger partial charge in [-0.3, -0.25) is 4.90 Å². The Bertz CT molecular complexity index is 326. The Balaban J connectivity index is 2.03. The number of piperidine rings is 1. The molecule has 20 heavy (non-hydrogen) atoms. The summed E-state index contributed by atoms with van der Waals surface area (Å²) in [5.41, 5.74) is 6.80. The van der Waals surface area contributed by atoms with Gasteiger partial charge < -0.3 is 10.5 Å². The van der Waals surface area contributed by atoms with Gasteiger partial charge in [-0.25, -0.2) is 0 Å². The number of likely N-dealkylation sites (tertiary alicyclic amines) is 1. The zero-order valence-corrected chi connectivity index (χ0v) is 14.2. The maximum Gasteiger partial charge on any atom is 0.0644 e. The van der Waals surface area contributed by atoms with Crippen LogP contribution in [0.25, 0.3) is 0 Å². The maximum absolute atomic E-state index is 6.21. The largest absolute Gasteiger partial charge is 0.375 e. The molecule has 2 rings (SSSR count). The van der Waals surface area contributed by atoms with E-state index >= 15 is 0 Å². The Kier molecular flexibility index (Phi) is 4.54. The number of rotatable bonds is 2. The van der Waals surface area contributed by atoms with Crippen molar-refractivity contribution in [3.63, 3.8) is 0 Å². The lowest BCUT2D eigenvalue weighted by Crippen LogP contribution is -2.62. The quantitative estimate of drug-likeness (QED) is 0.846. The summed E-state index contributed by atoms with van der Waals surface area (Å²) in [6, 6.07) is 0. The second-order valence-electron chi connectivity index (χ2n) is 8.59. The Hall–Kier alpha value is -0.120. The molecule has 2 fully saturated rings. The second-order valence-corrected chi connectivity index (χ2v) is 8.59. The van der Waals surface area contributed by atoms with Crippen LogP contribution in [-0.4, -0.2) is 42.3 Å². The van der Waals surface area contributed by atoms with Gasteiger partial charge in [0.2, 0.25) is 0 Å². The Morgan fingerprint density at radius 3 is 2.25 bits per heavy atom. The van der Waals surface area contributed by atoms with E-state index in [4.69, 9.17) is 10.5 Å². The van der Waals surface area contributed by atoms with Crippen LogP contribution in [-0.2, 0) is 4.74 Å². The summed E-state index contributed by atoms with van der Waals surface area (Å²) >= 11 is 0. The second kappa shape index (κ2) is 5.58. The van der Waals surface area contributed by atoms with E-state index in [2.05, 4.69) is 39.5 Å². The summed E-state index contributed by atoms with van der Waals surface area (Å²) < 4.78 is 5.91. The van der Waals surface area contributed by atoms with Crippen LogP contribution in [0.15, 0.2) is 0 Å². The molecule has 3 nitrogen and oxygen atoms in total. The Morgan fingerprint density at radius 1 is 1.20 bits per heavy atom. The van der Waals surface area contributed by atoms with Gasteiger partial charge in [-0.1, -0.05) is 20.8 Å². The lowest BCUT2D eigenvalue weighted by molar-refractivity contribution is -0.125. The van der Waals surface area contributed by atoms with Crippen molar-refractivity contribution in [2.75, 3.05) is 26.2 Å². The van der Waals surface area contributed by atoms with Crippen LogP contribution in [0.2, 0.25) is 0 Å². The first-order chi connectivity index (χ1) is 9.19. The fourth-order valence-corrected chi connectivity index (χ4v) is 4.24. The van der Waals surface area contributed by atoms with Crippen molar-refractivity contribution in [2.45, 2.75) is 71.4 Å². The van der Waals surface area contributed by atoms with Crippen molar-refractivity contribution in [3.05, 3.63) is 0 Å². The minimum Gasteiger partial charge on any atom is -0.375 e. The molecular weight excluding hydrogens is 248 g/mol. The van der Waals surface area contributed by atoms with Crippen molar-refractivity contribution >= 4 is 0 Å². The van der Waals surface area contributed by atoms with E-state index in [1.807, 2.05) is 0 Å². The minimum absolute atomic E-state index is 0.0293. The van der Waals surface area contributed by atoms with E-state index in [-0.39, 0.29) is 11.1 Å². The van der Waals surface area contributed by atoms with Crippen LogP contribution in [0.4, 0.5) is 0 Å². The van der Waals surface area contributed by atoms with Gasteiger partial charge in [0, 0.05) is 18.7 Å². The van der Waals surface area contributed by atoms with Gasteiger partial charge in [0.05, 0.1) is 5.60 Å². The first kappa shape index (κ1) is 16.3. The first-order valence-electron chi connectivity index (χ1n) is 8.28. The lowest BCUT2D eigenvalue weighted by atomic mass is 9.73. The van der Waals surface area contributed by atoms with Gasteiger partial charge in [-0.05, 0) is 64.0 Å². The molecule has 0 bridgehead atoms. The van der Waals surface area contributed by atoms with Gasteiger partial charge in [-0.2, -0.15) is 0 Å². The van der Waals surface area contributed by atoms with E-state index in [9.17, 15) is 0 Å². The maximum atomic E-state index is 6.21. The van der Waals surface area contributed by atoms with Crippen molar-refractivity contribution in [1.29, 1.82) is 0 Å². The molecule has 0 aromatic rings. The summed E-state index contributed by atoms with van der Waals surface area (Å²) in [5.74, 6) is 0.849. The van der Waals surface area contributed by atoms with Crippen molar-refractivity contribution in [2.24, 2.45) is 17.1 Å². The van der Waals surface area contributed by atoms with Gasteiger partial charge in [0.15, 0.2) is 0 Å². The van der Waals surface area contributed by atoms with Crippen molar-refractivity contribution < 1.29 is 4.74 Å². The molecule has 0 aliphatic carbocycles. The summed E-state index contributed by atoms with van der Waals surface area (Å²) in [6.45, 7) is 15.6. The molecular formula is C17H34N2O. The van der Waals surface area contributed by atoms with E-state index in [0.29, 0.717) is 5.41 Å². The lowest BCUT2D eigenvalue weighted by Gasteiger charge is -2.53. The Labute approximate surface area is 125 Å². The molecule has 1 atom stereocenters. The van der Waals surface area contributed by atoms with Gasteiger partial charge in [0.25, 0.3) is 0 Å². The molecule has 0 spiro atoms. The van der Waals surface area contributed by atoms with Crippen LogP contribution < -0.4 is 5.73 Å². The number of hydrogen-bond donors (Lipinski definition) is 1. The zero-order chi connectivity index (χ0) is 15.0. The van der Waals surface area contributed by atoms with E-state index < -0.39 is 0 Å². The molecule has 2 aliphatic heterocycles. The SMILES string of the molecule is CC1(C)CC(CN)(N2CCC(C(C)(C)C)CC2)CCO1. The zero-order valence-electron chi connectivity index (χ0n) is 14.2. The third-order valence-corrected chi connectivity index (χ3v) is 5.59. The summed E-state index contributed by atoms with van der Waals surface area (Å²) in [6.07, 6.45) is 4.78. The number of nitrogens with zero attached hydrogens (tertiary/aromatic N) is 1. The fourth-order valence-electron chi connectivity index (χ4n) is 4.24. The predicted molar refractivity (Wildman–Crippen MR) is 84.8 cm³/mol. The van der Waals surface area contributed by atoms with Crippen LogP contribution in [0, 0.1) is 11.3 Å². The number of nitrogens with two attached hydrogens (primary N) is 1. The predicted octanol–water partition coefficient (Wildman–Crippen LogP) is 3.03. The monoisotopic (exact) mass is 282 g/mol. The summed E-state index contributed by atoms with van der Waals surface area (Å²) in [7, 11) is 0. The van der Waals surface area contributed by atoms with Gasteiger partial charge >= 0.3 is 0 Å². The average Bonchev–Trinajstić information content (AvgIpc) is 2.36. The highest BCUT2D eigenvalue weighted by Gasteiger charge is 2.45. The highest BCUT2D eigenvalue weighted by atomic mass is 16.5. The fraction of sp³-hybridized carbons (Fsp3) is 1.00. The molecule has 0 amide bonds. The molecule has 3 heteroatoms. The molecule has 0 saturated carbocycles. The highest BCUT2D eigenvalue weighted by molar-refractivity contribution is 5.01. The normalized spacial score (nSPS) is 33.3. The summed E-state index contributed by atoms with van der Waals surface area (Å²) in [5, 5.41) is 0. The van der Waals surface area contributed by atoms with Crippen LogP contribution in [0.3, 0.4) is 0 Å². The number of hydrogen-bond acceptors (Lipinski definition) is 3. The molecule has 118 valence electrons. The van der Waals surface area contributed by atoms with E-state index in [1.54, 1.807) is 0 Å². The number of ether oxygens (including phenoxy) is 1. The molecule has 1 unspecified atom stereocenters. The smallest absolute Gasteiger partial charge is 0.0644 e. The first-order valence-corrected chi connectivity index (χ1v) is 8.28. The molecule has 2 aliphatic rings. The van der Waals surface area contributed by atoms with Crippen LogP contribution in [0.5, 0.6) is 0 Å². The molecule has 0 radical (unpaired) electrons. The third kappa shape index (κ3) is 3.37. The topological polar surface area (TPSA) is 38.5 Å². The van der Waals surface area contributed by atoms with Crippen molar-refractivity contribution in [3.8, 4) is 0 Å². The molecule has 0 aromatic heterocycles. The molecule has 2 heterocycles. The molecule has 0 aromatic carbocycles.